The first kappa shape index (κ1) is 19.5. The second-order valence-corrected chi connectivity index (χ2v) is 8.15. The summed E-state index contributed by atoms with van der Waals surface area (Å²) in [5.41, 5.74) is 1.46. The van der Waals surface area contributed by atoms with Gasteiger partial charge in [0.05, 0.1) is 10.5 Å². The summed E-state index contributed by atoms with van der Waals surface area (Å²) in [5, 5.41) is 13.5. The van der Waals surface area contributed by atoms with Crippen LogP contribution < -0.4 is 10.6 Å². The van der Waals surface area contributed by atoms with Gasteiger partial charge < -0.3 is 15.7 Å². The number of fused-ring (bicyclic) bond motifs is 1. The van der Waals surface area contributed by atoms with Gasteiger partial charge in [0.1, 0.15) is 10.9 Å². The molecule has 1 aromatic carbocycles. The van der Waals surface area contributed by atoms with E-state index in [2.05, 4.69) is 26.6 Å². The summed E-state index contributed by atoms with van der Waals surface area (Å²) in [5.74, 6) is -2.50. The van der Waals surface area contributed by atoms with Gasteiger partial charge in [0.15, 0.2) is 0 Å². The van der Waals surface area contributed by atoms with Crippen molar-refractivity contribution in [1.82, 2.24) is 10.2 Å². The van der Waals surface area contributed by atoms with E-state index >= 15 is 0 Å². The van der Waals surface area contributed by atoms with Crippen LogP contribution in [0.15, 0.2) is 27.6 Å². The molecule has 0 spiro atoms. The minimum atomic E-state index is -1.16. The van der Waals surface area contributed by atoms with Crippen molar-refractivity contribution in [3.63, 3.8) is 0 Å². The van der Waals surface area contributed by atoms with Gasteiger partial charge in [-0.2, -0.15) is 0 Å². The number of thioether (sulfide) groups is 1. The number of halogens is 1. The van der Waals surface area contributed by atoms with Crippen LogP contribution >= 0.6 is 39.9 Å². The van der Waals surface area contributed by atoms with Crippen molar-refractivity contribution in [2.45, 2.75) is 6.42 Å². The number of carboxylic acids is 1. The van der Waals surface area contributed by atoms with Crippen molar-refractivity contribution in [1.29, 1.82) is 0 Å². The lowest BCUT2D eigenvalue weighted by Crippen LogP contribution is -2.35. The summed E-state index contributed by atoms with van der Waals surface area (Å²) in [6.07, 6.45) is -0.101. The number of hydrogen-bond donors (Lipinski definition) is 3. The Balaban J connectivity index is 1.80. The standard InChI is InChI=1S/C16H12BrN3O5S2/c17-7-1-2-9-8(5-7)12(14(24)19-9)13-15(25)20(16(26)27-13)4-3-10(21)18-6-11(22)23/h1-2,5H,3-4,6H2,(H,18,21)(H,19,24)(H,22,23). The fourth-order valence-corrected chi connectivity index (χ4v) is 4.33. The Morgan fingerprint density at radius 2 is 2.07 bits per heavy atom. The zero-order valence-corrected chi connectivity index (χ0v) is 16.8. The van der Waals surface area contributed by atoms with E-state index in [0.29, 0.717) is 11.3 Å². The van der Waals surface area contributed by atoms with Crippen molar-refractivity contribution < 1.29 is 24.3 Å². The molecule has 0 unspecified atom stereocenters. The summed E-state index contributed by atoms with van der Waals surface area (Å²) in [7, 11) is 0. The van der Waals surface area contributed by atoms with E-state index < -0.39 is 24.3 Å². The molecule has 0 bridgehead atoms. The summed E-state index contributed by atoms with van der Waals surface area (Å²) in [4.78, 5) is 48.7. The zero-order chi connectivity index (χ0) is 19.7. The molecular weight excluding hydrogens is 458 g/mol. The number of amides is 3. The first-order chi connectivity index (χ1) is 12.8. The van der Waals surface area contributed by atoms with Crippen molar-refractivity contribution >= 4 is 79.2 Å². The molecule has 1 aromatic rings. The van der Waals surface area contributed by atoms with Crippen LogP contribution in [0.1, 0.15) is 12.0 Å². The maximum atomic E-state index is 12.8. The minimum absolute atomic E-state index is 0.000140. The summed E-state index contributed by atoms with van der Waals surface area (Å²) in [6.45, 7) is -0.493. The third kappa shape index (κ3) is 4.04. The average Bonchev–Trinajstić information content (AvgIpc) is 3.06. The molecule has 2 aliphatic rings. The van der Waals surface area contributed by atoms with Crippen LogP contribution in [-0.2, 0) is 19.2 Å². The molecule has 0 radical (unpaired) electrons. The van der Waals surface area contributed by atoms with Gasteiger partial charge in [-0.25, -0.2) is 0 Å². The number of aliphatic carboxylic acids is 1. The molecule has 1 fully saturated rings. The summed E-state index contributed by atoms with van der Waals surface area (Å²) < 4.78 is 1.01. The molecule has 11 heteroatoms. The highest BCUT2D eigenvalue weighted by atomic mass is 79.9. The van der Waals surface area contributed by atoms with Crippen molar-refractivity contribution in [2.75, 3.05) is 18.4 Å². The number of carboxylic acid groups (broad SMARTS) is 1. The first-order valence-corrected chi connectivity index (χ1v) is 9.67. The predicted molar refractivity (Wildman–Crippen MR) is 107 cm³/mol. The lowest BCUT2D eigenvalue weighted by Gasteiger charge is -2.13. The van der Waals surface area contributed by atoms with Crippen LogP contribution in [-0.4, -0.2) is 51.1 Å². The second kappa shape index (κ2) is 7.79. The Morgan fingerprint density at radius 3 is 2.78 bits per heavy atom. The molecule has 0 aliphatic carbocycles. The average molecular weight is 470 g/mol. The fourth-order valence-electron chi connectivity index (χ4n) is 2.58. The van der Waals surface area contributed by atoms with Gasteiger partial charge in [-0.15, -0.1) is 0 Å². The van der Waals surface area contributed by atoms with Gasteiger partial charge in [-0.3, -0.25) is 24.1 Å². The molecular formula is C16H12BrN3O5S2. The number of anilines is 1. The third-order valence-corrected chi connectivity index (χ3v) is 5.74. The molecule has 2 aliphatic heterocycles. The van der Waals surface area contributed by atoms with E-state index in [1.54, 1.807) is 18.2 Å². The van der Waals surface area contributed by atoms with Crippen LogP contribution in [0, 0.1) is 0 Å². The highest BCUT2D eigenvalue weighted by Crippen LogP contribution is 2.42. The molecule has 0 atom stereocenters. The maximum absolute atomic E-state index is 12.8. The molecule has 1 saturated heterocycles. The van der Waals surface area contributed by atoms with E-state index in [-0.39, 0.29) is 33.7 Å². The normalized spacial score (nSPS) is 18.6. The summed E-state index contributed by atoms with van der Waals surface area (Å²) >= 11 is 9.58. The Labute approximate surface area is 171 Å². The van der Waals surface area contributed by atoms with Crippen molar-refractivity contribution in [3.8, 4) is 0 Å². The van der Waals surface area contributed by atoms with Crippen LogP contribution in [0.2, 0.25) is 0 Å². The SMILES string of the molecule is O=C(O)CNC(=O)CCN1C(=O)C(=C2C(=O)Nc3ccc(Br)cc32)SC1=S. The van der Waals surface area contributed by atoms with Crippen molar-refractivity contribution in [3.05, 3.63) is 33.1 Å². The van der Waals surface area contributed by atoms with Gasteiger partial charge in [0, 0.05) is 28.7 Å². The largest absolute Gasteiger partial charge is 0.480 e. The van der Waals surface area contributed by atoms with Gasteiger partial charge in [-0.05, 0) is 18.2 Å². The highest BCUT2D eigenvalue weighted by Gasteiger charge is 2.39. The number of carbonyl (C=O) groups excluding carboxylic acids is 3. The van der Waals surface area contributed by atoms with E-state index in [9.17, 15) is 19.2 Å². The molecule has 2 heterocycles. The molecule has 140 valence electrons. The topological polar surface area (TPSA) is 116 Å². The first-order valence-electron chi connectivity index (χ1n) is 7.65. The van der Waals surface area contributed by atoms with Crippen LogP contribution in [0.4, 0.5) is 5.69 Å². The summed E-state index contributed by atoms with van der Waals surface area (Å²) in [6, 6.07) is 5.26. The van der Waals surface area contributed by atoms with Crippen LogP contribution in [0.25, 0.3) is 5.57 Å². The predicted octanol–water partition coefficient (Wildman–Crippen LogP) is 1.56. The number of hydrogen-bond acceptors (Lipinski definition) is 6. The van der Waals surface area contributed by atoms with Crippen LogP contribution in [0.3, 0.4) is 0 Å². The number of nitrogens with one attached hydrogen (secondary N) is 2. The molecule has 8 nitrogen and oxygen atoms in total. The number of thiocarbonyl (C=S) groups is 1. The smallest absolute Gasteiger partial charge is 0.322 e. The lowest BCUT2D eigenvalue weighted by atomic mass is 10.1. The number of carbonyl (C=O) groups is 4. The Hall–Kier alpha value is -2.24. The third-order valence-electron chi connectivity index (χ3n) is 3.80. The quantitative estimate of drug-likeness (QED) is 0.442. The van der Waals surface area contributed by atoms with Gasteiger partial charge in [0.25, 0.3) is 11.8 Å². The molecule has 27 heavy (non-hydrogen) atoms. The van der Waals surface area contributed by atoms with Crippen LogP contribution in [0.5, 0.6) is 0 Å². The molecule has 3 N–H and O–H groups in total. The van der Waals surface area contributed by atoms with Crippen molar-refractivity contribution in [2.24, 2.45) is 0 Å². The monoisotopic (exact) mass is 469 g/mol. The Bertz CT molecular complexity index is 931. The fraction of sp³-hybridized carbons (Fsp3) is 0.188. The molecule has 3 amide bonds. The molecule has 0 aromatic heterocycles. The van der Waals surface area contributed by atoms with E-state index in [0.717, 1.165) is 16.2 Å². The Kier molecular flexibility index (Phi) is 5.63. The van der Waals surface area contributed by atoms with E-state index in [1.165, 1.54) is 4.90 Å². The van der Waals surface area contributed by atoms with Gasteiger partial charge in [-0.1, -0.05) is 39.9 Å². The van der Waals surface area contributed by atoms with Gasteiger partial charge >= 0.3 is 5.97 Å². The number of benzene rings is 1. The second-order valence-electron chi connectivity index (χ2n) is 5.59. The van der Waals surface area contributed by atoms with E-state index in [1.807, 2.05) is 0 Å². The molecule has 0 saturated carbocycles. The maximum Gasteiger partial charge on any atom is 0.322 e. The lowest BCUT2D eigenvalue weighted by molar-refractivity contribution is -0.138. The number of rotatable bonds is 5. The number of nitrogens with zero attached hydrogens (tertiary/aromatic N) is 1. The highest BCUT2D eigenvalue weighted by molar-refractivity contribution is 9.10. The van der Waals surface area contributed by atoms with E-state index in [4.69, 9.17) is 17.3 Å². The van der Waals surface area contributed by atoms with Gasteiger partial charge in [0.2, 0.25) is 5.91 Å². The molecule has 3 rings (SSSR count). The Morgan fingerprint density at radius 1 is 1.33 bits per heavy atom. The zero-order valence-electron chi connectivity index (χ0n) is 13.6. The minimum Gasteiger partial charge on any atom is -0.480 e.